The van der Waals surface area contributed by atoms with Gasteiger partial charge in [-0.2, -0.15) is 0 Å². The molecule has 2 atom stereocenters. The van der Waals surface area contributed by atoms with Gasteiger partial charge in [0, 0.05) is 57.9 Å². The van der Waals surface area contributed by atoms with E-state index >= 15 is 0 Å². The Kier molecular flexibility index (Phi) is 7.16. The third-order valence-corrected chi connectivity index (χ3v) is 8.47. The molecule has 0 bridgehead atoms. The maximum Gasteiger partial charge on any atom is 0.269 e. The summed E-state index contributed by atoms with van der Waals surface area (Å²) in [6.45, 7) is 7.19. The summed E-state index contributed by atoms with van der Waals surface area (Å²) in [4.78, 5) is 31.5. The molecule has 6 rings (SSSR count). The Balaban J connectivity index is 1.36. The van der Waals surface area contributed by atoms with E-state index in [0.717, 1.165) is 35.8 Å². The Labute approximate surface area is 238 Å². The number of likely N-dealkylation sites (tertiary alicyclic amines) is 2. The number of carbonyl (C=O) groups excluding carboxylic acids is 2. The van der Waals surface area contributed by atoms with Crippen molar-refractivity contribution in [3.05, 3.63) is 66.2 Å². The minimum atomic E-state index is -0.691. The molecule has 1 N–H and O–H groups in total. The highest BCUT2D eigenvalue weighted by Gasteiger charge is 2.40. The van der Waals surface area contributed by atoms with Gasteiger partial charge in [-0.3, -0.25) is 14.5 Å². The number of anilines is 1. The Hall–Kier alpha value is -3.59. The van der Waals surface area contributed by atoms with Crippen molar-refractivity contribution in [1.82, 2.24) is 9.80 Å². The average Bonchev–Trinajstić information content (AvgIpc) is 3.39. The minimum Gasteiger partial charge on any atom is -0.508 e. The Morgan fingerprint density at radius 1 is 1.15 bits per heavy atom. The highest BCUT2D eigenvalue weighted by atomic mass is 35.5. The number of hydrogen-bond donors (Lipinski definition) is 1. The van der Waals surface area contributed by atoms with Crippen LogP contribution in [0.5, 0.6) is 11.5 Å². The van der Waals surface area contributed by atoms with Gasteiger partial charge in [0.15, 0.2) is 6.10 Å². The number of phenols is 1. The van der Waals surface area contributed by atoms with E-state index in [0.29, 0.717) is 48.2 Å². The lowest BCUT2D eigenvalue weighted by atomic mass is 9.95. The van der Waals surface area contributed by atoms with Crippen LogP contribution in [0.2, 0.25) is 5.02 Å². The number of methoxy groups -OCH3 is 1. The maximum atomic E-state index is 13.8. The molecule has 2 saturated heterocycles. The molecule has 2 amide bonds. The van der Waals surface area contributed by atoms with E-state index in [2.05, 4.69) is 11.5 Å². The topological polar surface area (TPSA) is 82.6 Å². The van der Waals surface area contributed by atoms with Crippen molar-refractivity contribution in [2.75, 3.05) is 51.3 Å². The number of benzene rings is 3. The number of carbonyl (C=O) groups is 2. The summed E-state index contributed by atoms with van der Waals surface area (Å²) in [5.41, 5.74) is 2.11. The molecule has 9 heteroatoms. The molecular formula is C31H32ClN3O5. The van der Waals surface area contributed by atoms with Gasteiger partial charge in [-0.05, 0) is 53.1 Å². The first kappa shape index (κ1) is 26.6. The van der Waals surface area contributed by atoms with E-state index < -0.39 is 6.10 Å². The van der Waals surface area contributed by atoms with E-state index in [-0.39, 0.29) is 29.6 Å². The zero-order chi connectivity index (χ0) is 28.0. The lowest BCUT2D eigenvalue weighted by Gasteiger charge is -2.43. The Morgan fingerprint density at radius 3 is 2.70 bits per heavy atom. The summed E-state index contributed by atoms with van der Waals surface area (Å²) in [6.07, 6.45) is 1.69. The second-order valence-corrected chi connectivity index (χ2v) is 11.2. The molecular weight excluding hydrogens is 530 g/mol. The number of aromatic hydroxyl groups is 1. The summed E-state index contributed by atoms with van der Waals surface area (Å²) >= 11 is 6.87. The molecule has 208 valence electrons. The quantitative estimate of drug-likeness (QED) is 0.433. The standard InChI is InChI=1S/C31H32ClN3O5/c1-3-30(37)34-14-19(15-34)16-35-27-13-26(32)25(24-11-21(36)10-20-6-4-5-7-23(20)24)12-28(27)40-29(31(35)38)18-33-9-8-22(17-33)39-2/h3-7,10-13,19,22,29,36H,1,8-9,14-18H2,2H3. The van der Waals surface area contributed by atoms with Crippen molar-refractivity contribution in [3.8, 4) is 22.6 Å². The third-order valence-electron chi connectivity index (χ3n) is 8.16. The molecule has 3 aromatic rings. The van der Waals surface area contributed by atoms with Crippen LogP contribution in [-0.4, -0.2) is 85.3 Å². The second kappa shape index (κ2) is 10.8. The lowest BCUT2D eigenvalue weighted by Crippen LogP contribution is -2.57. The van der Waals surface area contributed by atoms with Gasteiger partial charge in [-0.15, -0.1) is 0 Å². The minimum absolute atomic E-state index is 0.101. The number of nitrogens with zero attached hydrogens (tertiary/aromatic N) is 3. The predicted octanol–water partition coefficient (Wildman–Crippen LogP) is 4.32. The second-order valence-electron chi connectivity index (χ2n) is 10.8. The fourth-order valence-electron chi connectivity index (χ4n) is 6.01. The highest BCUT2D eigenvalue weighted by molar-refractivity contribution is 6.34. The highest BCUT2D eigenvalue weighted by Crippen LogP contribution is 2.45. The van der Waals surface area contributed by atoms with Crippen molar-refractivity contribution in [2.45, 2.75) is 18.6 Å². The van der Waals surface area contributed by atoms with Crippen LogP contribution >= 0.6 is 11.6 Å². The summed E-state index contributed by atoms with van der Waals surface area (Å²) in [7, 11) is 1.71. The van der Waals surface area contributed by atoms with Crippen LogP contribution in [0.1, 0.15) is 6.42 Å². The molecule has 40 heavy (non-hydrogen) atoms. The molecule has 3 heterocycles. The number of phenolic OH excluding ortho intramolecular Hbond substituents is 1. The van der Waals surface area contributed by atoms with E-state index in [4.69, 9.17) is 21.1 Å². The van der Waals surface area contributed by atoms with Crippen molar-refractivity contribution in [3.63, 3.8) is 0 Å². The van der Waals surface area contributed by atoms with Crippen LogP contribution in [0, 0.1) is 5.92 Å². The number of rotatable bonds is 7. The van der Waals surface area contributed by atoms with Crippen LogP contribution in [0.25, 0.3) is 21.9 Å². The number of ether oxygens (including phenoxy) is 2. The predicted molar refractivity (Wildman–Crippen MR) is 155 cm³/mol. The lowest BCUT2D eigenvalue weighted by molar-refractivity contribution is -0.132. The molecule has 0 aliphatic carbocycles. The molecule has 0 radical (unpaired) electrons. The van der Waals surface area contributed by atoms with Crippen molar-refractivity contribution < 1.29 is 24.2 Å². The van der Waals surface area contributed by atoms with Gasteiger partial charge < -0.3 is 24.4 Å². The number of fused-ring (bicyclic) bond motifs is 2. The van der Waals surface area contributed by atoms with E-state index in [1.807, 2.05) is 30.3 Å². The molecule has 3 aromatic carbocycles. The Bertz CT molecular complexity index is 1490. The SMILES string of the molecule is C=CC(=O)N1CC(CN2C(=O)C(CN3CCC(OC)C3)Oc3cc(-c4cc(O)cc5ccccc45)c(Cl)cc32)C1. The van der Waals surface area contributed by atoms with Crippen molar-refractivity contribution in [2.24, 2.45) is 5.92 Å². The third kappa shape index (κ3) is 4.91. The summed E-state index contributed by atoms with van der Waals surface area (Å²) < 4.78 is 11.9. The molecule has 0 aromatic heterocycles. The van der Waals surface area contributed by atoms with Crippen LogP contribution in [0.4, 0.5) is 5.69 Å². The first-order chi connectivity index (χ1) is 19.3. The molecule has 0 saturated carbocycles. The normalized spacial score (nSPS) is 21.3. The monoisotopic (exact) mass is 561 g/mol. The summed E-state index contributed by atoms with van der Waals surface area (Å²) in [5.74, 6) is 0.627. The van der Waals surface area contributed by atoms with E-state index in [9.17, 15) is 14.7 Å². The van der Waals surface area contributed by atoms with Crippen LogP contribution < -0.4 is 9.64 Å². The molecule has 0 spiro atoms. The molecule has 3 aliphatic heterocycles. The summed E-state index contributed by atoms with van der Waals surface area (Å²) in [5, 5.41) is 12.8. The Morgan fingerprint density at radius 2 is 1.95 bits per heavy atom. The maximum absolute atomic E-state index is 13.8. The molecule has 8 nitrogen and oxygen atoms in total. The van der Waals surface area contributed by atoms with Crippen molar-refractivity contribution in [1.29, 1.82) is 0 Å². The molecule has 3 aliphatic rings. The van der Waals surface area contributed by atoms with E-state index in [1.54, 1.807) is 35.1 Å². The average molecular weight is 562 g/mol. The van der Waals surface area contributed by atoms with Crippen LogP contribution in [0.15, 0.2) is 61.2 Å². The first-order valence-corrected chi connectivity index (χ1v) is 13.9. The van der Waals surface area contributed by atoms with Gasteiger partial charge in [0.2, 0.25) is 5.91 Å². The van der Waals surface area contributed by atoms with Gasteiger partial charge >= 0.3 is 0 Å². The fourth-order valence-corrected chi connectivity index (χ4v) is 6.27. The van der Waals surface area contributed by atoms with Gasteiger partial charge in [0.05, 0.1) is 16.8 Å². The molecule has 2 fully saturated rings. The van der Waals surface area contributed by atoms with Gasteiger partial charge in [-0.25, -0.2) is 0 Å². The fraction of sp³-hybridized carbons (Fsp3) is 0.355. The zero-order valence-electron chi connectivity index (χ0n) is 22.4. The zero-order valence-corrected chi connectivity index (χ0v) is 23.1. The van der Waals surface area contributed by atoms with Crippen molar-refractivity contribution >= 4 is 39.9 Å². The number of amides is 2. The molecule has 2 unspecified atom stereocenters. The van der Waals surface area contributed by atoms with Crippen LogP contribution in [-0.2, 0) is 14.3 Å². The van der Waals surface area contributed by atoms with Gasteiger partial charge in [0.25, 0.3) is 5.91 Å². The van der Waals surface area contributed by atoms with Gasteiger partial charge in [-0.1, -0.05) is 42.4 Å². The first-order valence-electron chi connectivity index (χ1n) is 13.5. The number of hydrogen-bond acceptors (Lipinski definition) is 6. The summed E-state index contributed by atoms with van der Waals surface area (Å²) in [6, 6.07) is 14.9. The smallest absolute Gasteiger partial charge is 0.269 e. The van der Waals surface area contributed by atoms with Gasteiger partial charge in [0.1, 0.15) is 11.5 Å². The number of halogens is 1. The largest absolute Gasteiger partial charge is 0.508 e. The van der Waals surface area contributed by atoms with E-state index in [1.165, 1.54) is 6.08 Å². The van der Waals surface area contributed by atoms with Crippen LogP contribution in [0.3, 0.4) is 0 Å².